The van der Waals surface area contributed by atoms with Gasteiger partial charge >= 0.3 is 63.4 Å². The van der Waals surface area contributed by atoms with Crippen LogP contribution in [0, 0.1) is 0 Å². The molecule has 0 radical (unpaired) electrons. The molecule has 0 aromatic heterocycles. The Morgan fingerprint density at radius 1 is 0.386 bits per heavy atom. The molecule has 4 nitrogen and oxygen atoms in total. The fourth-order valence-corrected chi connectivity index (χ4v) is 4.71. The van der Waals surface area contributed by atoms with Crippen molar-refractivity contribution in [3.05, 3.63) is 0 Å². The Morgan fingerprint density at radius 3 is 0.705 bits per heavy atom. The molecule has 0 bridgehead atoms. The lowest BCUT2D eigenvalue weighted by Gasteiger charge is -2.33. The van der Waals surface area contributed by atoms with Crippen LogP contribution in [0.4, 0.5) is 92.2 Å². The number of alkyl halides is 21. The van der Waals surface area contributed by atoms with Gasteiger partial charge in [-0.2, -0.15) is 39.5 Å². The highest BCUT2D eigenvalue weighted by Gasteiger charge is 2.54. The Balaban J connectivity index is 7.07. The summed E-state index contributed by atoms with van der Waals surface area (Å²) in [4.78, 5) is 0. The van der Waals surface area contributed by atoms with Crippen molar-refractivity contribution in [2.24, 2.45) is 0 Å². The van der Waals surface area contributed by atoms with Crippen LogP contribution in [0.5, 0.6) is 0 Å². The Morgan fingerprint density at radius 2 is 0.568 bits per heavy atom. The molecule has 0 N–H and O–H groups in total. The molecular weight excluding hydrogens is 710 g/mol. The first-order chi connectivity index (χ1) is 19.2. The smallest absolute Gasteiger partial charge is 0.283 e. The second kappa shape index (κ2) is 15.0. The van der Waals surface area contributed by atoms with Gasteiger partial charge in [0.2, 0.25) is 0 Å². The van der Waals surface area contributed by atoms with Crippen LogP contribution in [-0.4, -0.2) is 73.9 Å². The van der Waals surface area contributed by atoms with Gasteiger partial charge in [-0.15, -0.1) is 0 Å². The molecular formula is C18H18F21O4P. The molecule has 0 saturated carbocycles. The van der Waals surface area contributed by atoms with Crippen molar-refractivity contribution in [2.75, 3.05) is 0 Å². The topological polar surface area (TPSA) is 44.8 Å². The summed E-state index contributed by atoms with van der Waals surface area (Å²) in [5, 5.41) is 0. The van der Waals surface area contributed by atoms with E-state index in [0.717, 1.165) is 0 Å². The lowest BCUT2D eigenvalue weighted by molar-refractivity contribution is -0.193. The second-order valence-electron chi connectivity index (χ2n) is 8.88. The first kappa shape index (κ1) is 42.6. The van der Waals surface area contributed by atoms with Crippen LogP contribution in [0.25, 0.3) is 0 Å². The third kappa shape index (κ3) is 16.8. The summed E-state index contributed by atoms with van der Waals surface area (Å²) in [7, 11) is -7.23. The molecule has 0 aromatic carbocycles. The van der Waals surface area contributed by atoms with Crippen molar-refractivity contribution in [3.8, 4) is 0 Å². The van der Waals surface area contributed by atoms with Gasteiger partial charge in [-0.05, 0) is 0 Å². The van der Waals surface area contributed by atoms with E-state index in [9.17, 15) is 96.8 Å². The summed E-state index contributed by atoms with van der Waals surface area (Å²) >= 11 is 0. The first-order valence-electron chi connectivity index (χ1n) is 11.0. The maximum absolute atomic E-state index is 13.5. The molecule has 0 aliphatic carbocycles. The fourth-order valence-electron chi connectivity index (χ4n) is 3.01. The first-order valence-corrected chi connectivity index (χ1v) is 12.5. The minimum atomic E-state index is -7.23. The van der Waals surface area contributed by atoms with Crippen LogP contribution in [-0.2, 0) is 18.1 Å². The normalized spacial score (nSPS) is 18.2. The van der Waals surface area contributed by atoms with Gasteiger partial charge in [-0.1, -0.05) is 0 Å². The van der Waals surface area contributed by atoms with E-state index in [1.165, 1.54) is 0 Å². The molecule has 3 atom stereocenters. The molecule has 44 heavy (non-hydrogen) atoms. The summed E-state index contributed by atoms with van der Waals surface area (Å²) < 4.78 is 297. The number of hydrogen-bond acceptors (Lipinski definition) is 4. The lowest BCUT2D eigenvalue weighted by Crippen LogP contribution is -2.38. The fraction of sp³-hybridized carbons (Fsp3) is 1.00. The Labute approximate surface area is 231 Å². The maximum Gasteiger partial charge on any atom is 0.475 e. The minimum absolute atomic E-state index is 2.99. The molecule has 0 aromatic rings. The van der Waals surface area contributed by atoms with Gasteiger partial charge in [0.15, 0.2) is 0 Å². The van der Waals surface area contributed by atoms with E-state index in [-0.39, 0.29) is 0 Å². The average molecular weight is 728 g/mol. The van der Waals surface area contributed by atoms with E-state index in [4.69, 9.17) is 0 Å². The van der Waals surface area contributed by atoms with Crippen molar-refractivity contribution in [1.29, 1.82) is 0 Å². The second-order valence-corrected chi connectivity index (χ2v) is 10.4. The van der Waals surface area contributed by atoms with Gasteiger partial charge in [-0.3, -0.25) is 13.6 Å². The van der Waals surface area contributed by atoms with E-state index in [0.29, 0.717) is 0 Å². The highest BCUT2D eigenvalue weighted by molar-refractivity contribution is 7.48. The number of halogens is 21. The molecule has 0 spiro atoms. The monoisotopic (exact) mass is 728 g/mol. The van der Waals surface area contributed by atoms with Gasteiger partial charge in [0.25, 0.3) is 0 Å². The highest BCUT2D eigenvalue weighted by Crippen LogP contribution is 2.58. The zero-order chi connectivity index (χ0) is 35.3. The predicted molar refractivity (Wildman–Crippen MR) is 101 cm³/mol. The van der Waals surface area contributed by atoms with Crippen molar-refractivity contribution < 1.29 is 110 Å². The third-order valence-corrected chi connectivity index (χ3v) is 6.34. The Hall–Kier alpha value is -1.36. The van der Waals surface area contributed by atoms with Crippen LogP contribution in [0.1, 0.15) is 38.5 Å². The quantitative estimate of drug-likeness (QED) is 0.104. The maximum atomic E-state index is 13.5. The van der Waals surface area contributed by atoms with Crippen molar-refractivity contribution in [3.63, 3.8) is 0 Å². The molecule has 3 unspecified atom stereocenters. The van der Waals surface area contributed by atoms with Crippen LogP contribution >= 0.6 is 7.82 Å². The highest BCUT2D eigenvalue weighted by atomic mass is 31.2. The number of hydrogen-bond donors (Lipinski definition) is 0. The molecule has 266 valence electrons. The molecule has 0 aliphatic heterocycles. The molecule has 26 heteroatoms. The Kier molecular flexibility index (Phi) is 14.6. The van der Waals surface area contributed by atoms with Crippen molar-refractivity contribution in [2.45, 2.75) is 112 Å². The summed E-state index contributed by atoms with van der Waals surface area (Å²) in [5.74, 6) is -16.9. The van der Waals surface area contributed by atoms with E-state index in [1.807, 2.05) is 0 Å². The third-order valence-electron chi connectivity index (χ3n) is 4.67. The van der Waals surface area contributed by atoms with E-state index >= 15 is 0 Å². The minimum Gasteiger partial charge on any atom is -0.283 e. The Bertz CT molecular complexity index is 802. The number of phosphoric acid groups is 1. The van der Waals surface area contributed by atoms with E-state index < -0.39 is 120 Å². The van der Waals surface area contributed by atoms with Gasteiger partial charge in [0.05, 0.1) is 37.6 Å². The number of rotatable bonds is 18. The predicted octanol–water partition coefficient (Wildman–Crippen LogP) is 9.98. The lowest BCUT2D eigenvalue weighted by atomic mass is 10.1. The van der Waals surface area contributed by atoms with Gasteiger partial charge in [-0.25, -0.2) is 57.3 Å². The average Bonchev–Trinajstić information content (AvgIpc) is 2.67. The SMILES string of the molecule is O=P(OC(CC(F)(F)F)CC(F)(F)C(F)F)(OC(CC(F)(F)F)CC(F)(F)C(F)F)OC(CC(F)(F)F)CC(F)(F)C(F)F. The molecule has 0 amide bonds. The van der Waals surface area contributed by atoms with E-state index in [1.54, 1.807) is 0 Å². The molecule has 0 rings (SSSR count). The van der Waals surface area contributed by atoms with Crippen LogP contribution in [0.2, 0.25) is 0 Å². The summed E-state index contributed by atoms with van der Waals surface area (Å²) in [6.45, 7) is 0. The van der Waals surface area contributed by atoms with Crippen molar-refractivity contribution >= 4 is 7.82 Å². The van der Waals surface area contributed by atoms with Crippen LogP contribution < -0.4 is 0 Å². The zero-order valence-electron chi connectivity index (χ0n) is 20.7. The zero-order valence-corrected chi connectivity index (χ0v) is 21.6. The van der Waals surface area contributed by atoms with Crippen LogP contribution in [0.3, 0.4) is 0 Å². The standard InChI is InChI=1S/C18H18F21O4P/c19-10(20)13(25,26)1-7(4-16(31,32)33)41-44(40,42-8(5-17(34,35)36)2-14(27,28)11(21)22)43-9(6-18(37,38)39)3-15(29,30)12(23)24/h7-12H,1-6H2. The number of phosphoric ester groups is 1. The molecule has 0 fully saturated rings. The largest absolute Gasteiger partial charge is 0.475 e. The summed E-state index contributed by atoms with van der Waals surface area (Å²) in [6.07, 6.45) is -61.9. The molecule has 0 aliphatic rings. The van der Waals surface area contributed by atoms with Crippen LogP contribution in [0.15, 0.2) is 0 Å². The van der Waals surface area contributed by atoms with Gasteiger partial charge < -0.3 is 0 Å². The summed E-state index contributed by atoms with van der Waals surface area (Å²) in [5.41, 5.74) is 0. The van der Waals surface area contributed by atoms with Gasteiger partial charge in [0, 0.05) is 19.3 Å². The van der Waals surface area contributed by atoms with Gasteiger partial charge in [0.1, 0.15) is 0 Å². The summed E-state index contributed by atoms with van der Waals surface area (Å²) in [6, 6.07) is 0. The van der Waals surface area contributed by atoms with Crippen molar-refractivity contribution in [1.82, 2.24) is 0 Å². The van der Waals surface area contributed by atoms with E-state index in [2.05, 4.69) is 13.6 Å². The molecule has 0 saturated heterocycles. The molecule has 0 heterocycles.